The highest BCUT2D eigenvalue weighted by Crippen LogP contribution is 2.41. The first-order valence-corrected chi connectivity index (χ1v) is 11.8. The Morgan fingerprint density at radius 3 is 2.47 bits per heavy atom. The van der Waals surface area contributed by atoms with Crippen LogP contribution in [0, 0.1) is 5.82 Å². The van der Waals surface area contributed by atoms with Crippen LogP contribution in [0.2, 0.25) is 0 Å². The van der Waals surface area contributed by atoms with Crippen molar-refractivity contribution < 1.29 is 33.3 Å². The van der Waals surface area contributed by atoms with Crippen LogP contribution in [0.15, 0.2) is 53.9 Å². The van der Waals surface area contributed by atoms with E-state index < -0.39 is 29.4 Å². The van der Waals surface area contributed by atoms with Crippen LogP contribution in [0.5, 0.6) is 11.5 Å². The van der Waals surface area contributed by atoms with E-state index in [0.29, 0.717) is 43.3 Å². The first kappa shape index (κ1) is 25.3. The highest BCUT2D eigenvalue weighted by molar-refractivity contribution is 6.26. The molecule has 2 aliphatic rings. The number of methoxy groups -OCH3 is 2. The van der Waals surface area contributed by atoms with E-state index in [-0.39, 0.29) is 18.3 Å². The predicted octanol–water partition coefficient (Wildman–Crippen LogP) is 2.93. The van der Waals surface area contributed by atoms with Crippen LogP contribution in [-0.2, 0) is 14.3 Å². The molecule has 2 saturated heterocycles. The largest absolute Gasteiger partial charge is 0.494 e. The summed E-state index contributed by atoms with van der Waals surface area (Å²) in [6.07, 6.45) is -0.224. The lowest BCUT2D eigenvalue weighted by atomic mass is 9.98. The van der Waals surface area contributed by atoms with Gasteiger partial charge in [-0.1, -0.05) is 18.2 Å². The molecule has 0 bridgehead atoms. The fourth-order valence-electron chi connectivity index (χ4n) is 4.66. The molecular formula is C26H30FN3O6. The minimum atomic E-state index is -0.856. The third-order valence-corrected chi connectivity index (χ3v) is 6.42. The highest BCUT2D eigenvalue weighted by atomic mass is 19.1. The quantitative estimate of drug-likeness (QED) is 0.327. The maximum absolute atomic E-state index is 13.8. The second-order valence-corrected chi connectivity index (χ2v) is 8.52. The molecule has 0 spiro atoms. The molecule has 2 heterocycles. The lowest BCUT2D eigenvalue weighted by molar-refractivity contribution is -0.127. The molecule has 2 fully saturated rings. The number of carbonyl (C=O) groups is 2. The fourth-order valence-corrected chi connectivity index (χ4v) is 4.66. The summed E-state index contributed by atoms with van der Waals surface area (Å²) in [4.78, 5) is 29.8. The number of rotatable bonds is 8. The Balaban J connectivity index is 1.71. The van der Waals surface area contributed by atoms with Gasteiger partial charge in [0.1, 0.15) is 29.2 Å². The second kappa shape index (κ2) is 10.9. The van der Waals surface area contributed by atoms with Crippen molar-refractivity contribution in [3.8, 4) is 11.5 Å². The summed E-state index contributed by atoms with van der Waals surface area (Å²) in [6.45, 7) is 2.94. The van der Waals surface area contributed by atoms with E-state index in [4.69, 9.17) is 14.2 Å². The summed E-state index contributed by atoms with van der Waals surface area (Å²) in [5, 5.41) is 13.9. The zero-order valence-electron chi connectivity index (χ0n) is 20.5. The molecule has 2 unspecified atom stereocenters. The molecule has 9 nitrogen and oxygen atoms in total. The third-order valence-electron chi connectivity index (χ3n) is 6.42. The summed E-state index contributed by atoms with van der Waals surface area (Å²) in [6, 6.07) is 11.4. The van der Waals surface area contributed by atoms with Crippen molar-refractivity contribution >= 4 is 17.5 Å². The van der Waals surface area contributed by atoms with Crippen LogP contribution in [-0.4, -0.2) is 68.5 Å². The average Bonchev–Trinajstić information content (AvgIpc) is 3.37. The Morgan fingerprint density at radius 2 is 1.83 bits per heavy atom. The van der Waals surface area contributed by atoms with Crippen molar-refractivity contribution in [2.24, 2.45) is 0 Å². The lowest BCUT2D eigenvalue weighted by Gasteiger charge is -2.38. The van der Waals surface area contributed by atoms with E-state index in [9.17, 15) is 19.1 Å². The van der Waals surface area contributed by atoms with E-state index in [1.54, 1.807) is 36.1 Å². The van der Waals surface area contributed by atoms with Gasteiger partial charge in [-0.2, -0.15) is 0 Å². The molecule has 2 N–H and O–H groups in total. The molecule has 2 aromatic carbocycles. The monoisotopic (exact) mass is 499 g/mol. The van der Waals surface area contributed by atoms with Crippen LogP contribution >= 0.6 is 0 Å². The Labute approximate surface area is 209 Å². The van der Waals surface area contributed by atoms with Gasteiger partial charge in [0.15, 0.2) is 5.57 Å². The van der Waals surface area contributed by atoms with Crippen LogP contribution < -0.4 is 19.7 Å². The number of anilines is 1. The van der Waals surface area contributed by atoms with Gasteiger partial charge in [0.05, 0.1) is 20.8 Å². The molecule has 4 rings (SSSR count). The number of halogens is 1. The number of benzene rings is 2. The van der Waals surface area contributed by atoms with Gasteiger partial charge in [-0.05, 0) is 43.2 Å². The number of carbonyl (C=O) groups excluding carboxylic acids is 2. The van der Waals surface area contributed by atoms with Gasteiger partial charge in [-0.15, -0.1) is 0 Å². The van der Waals surface area contributed by atoms with Gasteiger partial charge < -0.3 is 29.5 Å². The molecule has 2 atom stereocenters. The molecule has 0 aliphatic carbocycles. The predicted molar refractivity (Wildman–Crippen MR) is 130 cm³/mol. The number of ether oxygens (including phenoxy) is 3. The number of aliphatic hydroxyl groups excluding tert-OH is 1. The highest BCUT2D eigenvalue weighted by Gasteiger charge is 2.43. The van der Waals surface area contributed by atoms with E-state index in [2.05, 4.69) is 5.32 Å². The van der Waals surface area contributed by atoms with Crippen LogP contribution in [0.4, 0.5) is 10.1 Å². The maximum Gasteiger partial charge on any atom is 0.271 e. The molecule has 10 heteroatoms. The number of likely N-dealkylation sites (tertiary alicyclic amines) is 1. The Morgan fingerprint density at radius 1 is 1.14 bits per heavy atom. The van der Waals surface area contributed by atoms with Crippen molar-refractivity contribution in [2.75, 3.05) is 45.4 Å². The summed E-state index contributed by atoms with van der Waals surface area (Å²) >= 11 is 0. The Kier molecular flexibility index (Phi) is 7.64. The lowest BCUT2D eigenvalue weighted by Crippen LogP contribution is -2.61. The summed E-state index contributed by atoms with van der Waals surface area (Å²) in [5.74, 6) is -1.53. The van der Waals surface area contributed by atoms with Crippen molar-refractivity contribution in [2.45, 2.75) is 25.4 Å². The van der Waals surface area contributed by atoms with E-state index >= 15 is 0 Å². The molecule has 192 valence electrons. The van der Waals surface area contributed by atoms with Gasteiger partial charge in [0.25, 0.3) is 11.8 Å². The van der Waals surface area contributed by atoms with Gasteiger partial charge in [-0.3, -0.25) is 14.5 Å². The zero-order chi connectivity index (χ0) is 25.8. The van der Waals surface area contributed by atoms with Crippen molar-refractivity contribution in [3.63, 3.8) is 0 Å². The van der Waals surface area contributed by atoms with Gasteiger partial charge in [0, 0.05) is 25.6 Å². The molecule has 0 saturated carbocycles. The molecule has 0 aromatic heterocycles. The van der Waals surface area contributed by atoms with E-state index in [0.717, 1.165) is 5.56 Å². The Bertz CT molecular complexity index is 1150. The SMILES string of the molecule is CCOCC1NC(=O)C(=C(O)N2CCC(c3cccc(F)c3)C2)C(=O)N1c1c(OC)cccc1OC. The molecular weight excluding hydrogens is 469 g/mol. The molecule has 2 amide bonds. The number of nitrogens with one attached hydrogen (secondary N) is 1. The van der Waals surface area contributed by atoms with Gasteiger partial charge >= 0.3 is 0 Å². The molecule has 0 radical (unpaired) electrons. The van der Waals surface area contributed by atoms with Crippen LogP contribution in [0.3, 0.4) is 0 Å². The smallest absolute Gasteiger partial charge is 0.271 e. The van der Waals surface area contributed by atoms with Crippen LogP contribution in [0.25, 0.3) is 0 Å². The van der Waals surface area contributed by atoms with E-state index in [1.165, 1.54) is 31.3 Å². The van der Waals surface area contributed by atoms with E-state index in [1.807, 2.05) is 6.07 Å². The second-order valence-electron chi connectivity index (χ2n) is 8.52. The normalized spacial score (nSPS) is 21.4. The summed E-state index contributed by atoms with van der Waals surface area (Å²) < 4.78 is 30.2. The van der Waals surface area contributed by atoms with Gasteiger partial charge in [-0.25, -0.2) is 4.39 Å². The molecule has 2 aromatic rings. The Hall–Kier alpha value is -3.79. The van der Waals surface area contributed by atoms with Crippen molar-refractivity contribution in [3.05, 3.63) is 65.3 Å². The first-order chi connectivity index (χ1) is 17.4. The standard InChI is InChI=1S/C26H30FN3O6/c1-4-36-15-21-28-24(31)22(26(33)30(21)23-19(34-2)9-6-10-20(23)35-3)25(32)29-12-11-17(14-29)16-7-5-8-18(27)13-16/h5-10,13,17,21,32H,4,11-12,14-15H2,1-3H3,(H,28,31). The number of amides is 2. The molecule has 36 heavy (non-hydrogen) atoms. The molecule has 2 aliphatic heterocycles. The first-order valence-electron chi connectivity index (χ1n) is 11.8. The number of aliphatic hydroxyl groups is 1. The fraction of sp³-hybridized carbons (Fsp3) is 0.385. The average molecular weight is 500 g/mol. The zero-order valence-corrected chi connectivity index (χ0v) is 20.5. The summed E-state index contributed by atoms with van der Waals surface area (Å²) in [5.41, 5.74) is 0.712. The summed E-state index contributed by atoms with van der Waals surface area (Å²) in [7, 11) is 2.93. The minimum Gasteiger partial charge on any atom is -0.494 e. The van der Waals surface area contributed by atoms with Crippen molar-refractivity contribution in [1.29, 1.82) is 0 Å². The van der Waals surface area contributed by atoms with Crippen molar-refractivity contribution in [1.82, 2.24) is 10.2 Å². The van der Waals surface area contributed by atoms with Gasteiger partial charge in [0.2, 0.25) is 5.88 Å². The minimum absolute atomic E-state index is 0.0224. The number of para-hydroxylation sites is 1. The number of hydrogen-bond acceptors (Lipinski definition) is 7. The topological polar surface area (TPSA) is 101 Å². The number of hydrogen-bond donors (Lipinski definition) is 2. The third kappa shape index (κ3) is 4.81. The number of nitrogens with zero attached hydrogens (tertiary/aromatic N) is 2. The van der Waals surface area contributed by atoms with Crippen LogP contribution in [0.1, 0.15) is 24.8 Å². The maximum atomic E-state index is 13.8.